The maximum Gasteiger partial charge on any atom is 0.309 e. The molecule has 0 aromatic carbocycles. The van der Waals surface area contributed by atoms with Gasteiger partial charge < -0.3 is 66.3 Å². The third kappa shape index (κ3) is 17.0. The van der Waals surface area contributed by atoms with Crippen LogP contribution in [0, 0.1) is 88.8 Å². The van der Waals surface area contributed by atoms with Crippen molar-refractivity contribution in [3.63, 3.8) is 0 Å². The van der Waals surface area contributed by atoms with Crippen LogP contribution in [-0.2, 0) is 114 Å². The van der Waals surface area contributed by atoms with Crippen LogP contribution >= 0.6 is 0 Å². The fraction of sp³-hybridized carbons (Fsp3) is 0.872. The minimum atomic E-state index is -0.407. The quantitative estimate of drug-likeness (QED) is 0.0788. The zero-order valence-corrected chi connectivity index (χ0v) is 60.9. The molecule has 102 heavy (non-hydrogen) atoms. The molecule has 24 bridgehead atoms. The molecule has 12 aliphatic heterocycles. The molecule has 24 aliphatic rings. The van der Waals surface area contributed by atoms with E-state index in [4.69, 9.17) is 66.3 Å². The van der Waals surface area contributed by atoms with E-state index in [2.05, 4.69) is 0 Å². The topological polar surface area (TPSA) is 300 Å². The molecule has 0 radical (unpaired) electrons. The van der Waals surface area contributed by atoms with Crippen LogP contribution in [0.4, 0.5) is 0 Å². The van der Waals surface area contributed by atoms with E-state index < -0.39 is 5.60 Å². The highest BCUT2D eigenvalue weighted by Crippen LogP contribution is 2.56. The van der Waals surface area contributed by atoms with Gasteiger partial charge in [-0.05, 0) is 209 Å². The standard InChI is InChI=1S/2C14H20O5.2C13H18O4.2C12H18O3/c1-2-12(15)17-8-18-14-5-9-3-10(6-14)13(16)19-11(4-9)7-14;1-2-12(15)17-7-18-13-9-3-8-4-10(6-9)14(16)19-11(13)5-8;1-2-11(14)17-13-5-8-3-9(6-13)12(15)16-10(4-8)7-13;1-2-11(14)17-12-8-3-7-4-9(6-8)13(15)16-10(12)5-7;1-2-14-12-5-8-3-9(6-12)11(13)15-10(4-8)7-12;1-2-14-11-8-3-7-4-9(6-8)12(13)15-10(11)5-7/h9-11H,2-8H2,1H3;8-11,13H,2-7H2,1H3;8-10H,2-7H2,1H3;7-10,12H,2-6H2,1H3;8-10H,2-7H2,1H3;7-11H,2-6H2,1H3. The first kappa shape index (κ1) is 74.8. The minimum Gasteiger partial charge on any atom is -0.462 e. The van der Waals surface area contributed by atoms with Crippen molar-refractivity contribution in [3.8, 4) is 0 Å². The van der Waals surface area contributed by atoms with Gasteiger partial charge in [-0.2, -0.15) is 0 Å². The Morgan fingerprint density at radius 3 is 1.12 bits per heavy atom. The van der Waals surface area contributed by atoms with Crippen LogP contribution in [0.3, 0.4) is 0 Å². The van der Waals surface area contributed by atoms with Crippen molar-refractivity contribution in [2.45, 2.75) is 312 Å². The summed E-state index contributed by atoms with van der Waals surface area (Å²) in [4.78, 5) is 116. The summed E-state index contributed by atoms with van der Waals surface area (Å²) < 4.78 is 77.4. The Morgan fingerprint density at radius 2 is 0.686 bits per heavy atom. The summed E-state index contributed by atoms with van der Waals surface area (Å²) in [6.45, 7) is 12.6. The van der Waals surface area contributed by atoms with E-state index in [0.29, 0.717) is 98.2 Å². The van der Waals surface area contributed by atoms with Crippen molar-refractivity contribution < 1.29 is 114 Å². The van der Waals surface area contributed by atoms with Gasteiger partial charge in [-0.1, -0.05) is 27.7 Å². The Labute approximate surface area is 599 Å². The summed E-state index contributed by atoms with van der Waals surface area (Å²) in [5.74, 6) is 4.06. The lowest BCUT2D eigenvalue weighted by atomic mass is 9.65. The minimum absolute atomic E-state index is 0.00692. The summed E-state index contributed by atoms with van der Waals surface area (Å²) in [5, 5.41) is 0. The molecule has 24 fully saturated rings. The van der Waals surface area contributed by atoms with Gasteiger partial charge in [0.05, 0.1) is 52.8 Å². The van der Waals surface area contributed by atoms with E-state index >= 15 is 0 Å². The normalized spacial score (nSPS) is 43.3. The summed E-state index contributed by atoms with van der Waals surface area (Å²) in [5.41, 5.74) is -0.760. The van der Waals surface area contributed by atoms with Crippen molar-refractivity contribution in [2.75, 3.05) is 26.8 Å². The summed E-state index contributed by atoms with van der Waals surface area (Å²) in [6.07, 6.45) is 26.7. The summed E-state index contributed by atoms with van der Waals surface area (Å²) in [7, 11) is 0. The Bertz CT molecular complexity index is 3070. The number of carbonyl (C=O) groups excluding carboxylic acids is 10. The molecule has 12 saturated carbocycles. The molecule has 0 aromatic rings. The molecule has 24 heteroatoms. The maximum absolute atomic E-state index is 11.9. The Morgan fingerprint density at radius 1 is 0.324 bits per heavy atom. The molecule has 24 rings (SSSR count). The fourth-order valence-electron chi connectivity index (χ4n) is 22.7. The molecular formula is C78H112O24. The van der Waals surface area contributed by atoms with Crippen LogP contribution in [0.25, 0.3) is 0 Å². The number of hydrogen-bond acceptors (Lipinski definition) is 24. The number of fused-ring (bicyclic) bond motifs is 6. The van der Waals surface area contributed by atoms with Gasteiger partial charge in [0.25, 0.3) is 0 Å². The van der Waals surface area contributed by atoms with Crippen LogP contribution in [-0.4, -0.2) is 158 Å². The Hall–Kier alpha value is -5.46. The molecule has 12 heterocycles. The predicted octanol–water partition coefficient (Wildman–Crippen LogP) is 10.6. The maximum atomic E-state index is 11.9. The summed E-state index contributed by atoms with van der Waals surface area (Å²) in [6, 6.07) is 0. The second kappa shape index (κ2) is 31.9. The van der Waals surface area contributed by atoms with Crippen LogP contribution in [0.1, 0.15) is 241 Å². The van der Waals surface area contributed by atoms with Crippen LogP contribution in [0.2, 0.25) is 0 Å². The average Bonchev–Trinajstić information content (AvgIpc) is 1.54. The third-order valence-corrected chi connectivity index (χ3v) is 26.3. The first-order chi connectivity index (χ1) is 49.0. The van der Waals surface area contributed by atoms with Crippen molar-refractivity contribution in [1.29, 1.82) is 0 Å². The molecule has 568 valence electrons. The fourth-order valence-corrected chi connectivity index (χ4v) is 22.7. The van der Waals surface area contributed by atoms with E-state index in [9.17, 15) is 47.9 Å². The molecule has 12 saturated heterocycles. The van der Waals surface area contributed by atoms with Crippen LogP contribution in [0.5, 0.6) is 0 Å². The highest BCUT2D eigenvalue weighted by Gasteiger charge is 2.59. The SMILES string of the molecule is CCC(=O)OC12CC3CC(C1)OC(=O)C(C3)C2.CCC(=O)OC1C2CC3CC(C2)C(=O)OC1C3.CCC(=O)OCOC12CC3CC(C1)OC(=O)C(C3)C2.CCC(=O)OCOC1C2CC3CC(C2)C(=O)OC1C3.CCOC12CC3CC(C1)OC(=O)C(C3)C2.CCOC1C2CC3CC(C2)C(=O)OC1C3. The van der Waals surface area contributed by atoms with Gasteiger partial charge in [0.1, 0.15) is 54.4 Å². The number of hydrogen-bond donors (Lipinski definition) is 0. The first-order valence-corrected chi connectivity index (χ1v) is 39.5. The molecule has 0 aromatic heterocycles. The zero-order valence-electron chi connectivity index (χ0n) is 60.9. The van der Waals surface area contributed by atoms with Gasteiger partial charge in [-0.3, -0.25) is 47.9 Å². The van der Waals surface area contributed by atoms with Gasteiger partial charge in [0.15, 0.2) is 13.6 Å². The van der Waals surface area contributed by atoms with Gasteiger partial charge in [0.2, 0.25) is 0 Å². The molecule has 24 nitrogen and oxygen atoms in total. The monoisotopic (exact) mass is 1430 g/mol. The predicted molar refractivity (Wildman–Crippen MR) is 357 cm³/mol. The molecule has 0 amide bonds. The third-order valence-electron chi connectivity index (χ3n) is 26.3. The van der Waals surface area contributed by atoms with E-state index in [1.54, 1.807) is 27.7 Å². The van der Waals surface area contributed by atoms with Crippen LogP contribution < -0.4 is 0 Å². The summed E-state index contributed by atoms with van der Waals surface area (Å²) >= 11 is 0. The van der Waals surface area contributed by atoms with Gasteiger partial charge >= 0.3 is 59.7 Å². The largest absolute Gasteiger partial charge is 0.462 e. The lowest BCUT2D eigenvalue weighted by Gasteiger charge is -2.45. The Kier molecular flexibility index (Phi) is 23.4. The highest BCUT2D eigenvalue weighted by molar-refractivity contribution is 5.77. The second-order valence-corrected chi connectivity index (χ2v) is 33.6. The van der Waals surface area contributed by atoms with Crippen molar-refractivity contribution in [3.05, 3.63) is 0 Å². The number of ether oxygens (including phenoxy) is 14. The lowest BCUT2D eigenvalue weighted by molar-refractivity contribution is -0.193. The molecule has 0 N–H and O–H groups in total. The molecular weight excluding hydrogens is 1320 g/mol. The van der Waals surface area contributed by atoms with E-state index in [1.165, 1.54) is 6.42 Å². The lowest BCUT2D eigenvalue weighted by Crippen LogP contribution is -2.48. The second-order valence-electron chi connectivity index (χ2n) is 33.6. The molecule has 0 spiro atoms. The number of esters is 10. The first-order valence-electron chi connectivity index (χ1n) is 39.5. The molecule has 27 atom stereocenters. The zero-order chi connectivity index (χ0) is 71.8. The van der Waals surface area contributed by atoms with Gasteiger partial charge in [0, 0.05) is 70.5 Å². The van der Waals surface area contributed by atoms with Gasteiger partial charge in [-0.15, -0.1) is 0 Å². The highest BCUT2D eigenvalue weighted by atomic mass is 16.7. The van der Waals surface area contributed by atoms with Gasteiger partial charge in [-0.25, -0.2) is 0 Å². The molecule has 12 aliphatic carbocycles. The van der Waals surface area contributed by atoms with Crippen molar-refractivity contribution >= 4 is 59.7 Å². The smallest absolute Gasteiger partial charge is 0.309 e. The molecule has 27 unspecified atom stereocenters. The number of carbonyl (C=O) groups is 10. The van der Waals surface area contributed by atoms with E-state index in [-0.39, 0.29) is 175 Å². The van der Waals surface area contributed by atoms with E-state index in [0.717, 1.165) is 161 Å². The van der Waals surface area contributed by atoms with Crippen LogP contribution in [0.15, 0.2) is 0 Å². The van der Waals surface area contributed by atoms with Crippen molar-refractivity contribution in [1.82, 2.24) is 0 Å². The average molecular weight is 1430 g/mol. The van der Waals surface area contributed by atoms with Crippen molar-refractivity contribution in [2.24, 2.45) is 88.8 Å². The number of rotatable bonds is 16. The van der Waals surface area contributed by atoms with E-state index in [1.807, 2.05) is 13.8 Å². The Balaban J connectivity index is 0.000000109.